The van der Waals surface area contributed by atoms with Crippen LogP contribution in [0.1, 0.15) is 16.7 Å². The molecule has 100 valence electrons. The zero-order chi connectivity index (χ0) is 14.1. The molecule has 2 aromatic carbocycles. The minimum Gasteiger partial charge on any atom is -0.504 e. The minimum absolute atomic E-state index is 0.179. The number of ether oxygens (including phenoxy) is 1. The van der Waals surface area contributed by atoms with Gasteiger partial charge in [-0.25, -0.2) is 0 Å². The molecule has 0 amide bonds. The van der Waals surface area contributed by atoms with Gasteiger partial charge in [0.25, 0.3) is 0 Å². The third-order valence-corrected chi connectivity index (χ3v) is 3.34. The molecule has 0 aliphatic carbocycles. The SMILES string of the molecule is C=C/C(O)=C(/O)c1ccc2c(c1)Cc1ccccc1O2. The summed E-state index contributed by atoms with van der Waals surface area (Å²) in [4.78, 5) is 0. The molecule has 3 nitrogen and oxygen atoms in total. The summed E-state index contributed by atoms with van der Waals surface area (Å²) in [5, 5.41) is 19.4. The average molecular weight is 266 g/mol. The van der Waals surface area contributed by atoms with Crippen LogP contribution in [0.3, 0.4) is 0 Å². The van der Waals surface area contributed by atoms with E-state index < -0.39 is 0 Å². The van der Waals surface area contributed by atoms with Crippen molar-refractivity contribution in [2.24, 2.45) is 0 Å². The van der Waals surface area contributed by atoms with Crippen LogP contribution in [0.2, 0.25) is 0 Å². The second kappa shape index (κ2) is 4.78. The third kappa shape index (κ3) is 2.03. The molecule has 2 N–H and O–H groups in total. The Morgan fingerprint density at radius 2 is 1.80 bits per heavy atom. The molecule has 0 spiro atoms. The third-order valence-electron chi connectivity index (χ3n) is 3.34. The zero-order valence-corrected chi connectivity index (χ0v) is 10.8. The molecule has 3 heteroatoms. The van der Waals surface area contributed by atoms with E-state index in [1.807, 2.05) is 30.3 Å². The molecule has 0 saturated heterocycles. The molecule has 0 bridgehead atoms. The largest absolute Gasteiger partial charge is 0.504 e. The molecule has 0 aromatic heterocycles. The molecule has 2 aromatic rings. The van der Waals surface area contributed by atoms with Crippen LogP contribution in [-0.2, 0) is 6.42 Å². The van der Waals surface area contributed by atoms with Crippen LogP contribution in [-0.4, -0.2) is 10.2 Å². The molecule has 20 heavy (non-hydrogen) atoms. The maximum absolute atomic E-state index is 9.90. The Bertz CT molecular complexity index is 714. The van der Waals surface area contributed by atoms with Gasteiger partial charge >= 0.3 is 0 Å². The fourth-order valence-corrected chi connectivity index (χ4v) is 2.28. The molecule has 0 unspecified atom stereocenters. The Morgan fingerprint density at radius 3 is 2.60 bits per heavy atom. The Hall–Kier alpha value is -2.68. The smallest absolute Gasteiger partial charge is 0.164 e. The van der Waals surface area contributed by atoms with Crippen LogP contribution in [0, 0.1) is 0 Å². The first kappa shape index (κ1) is 12.4. The van der Waals surface area contributed by atoms with Crippen molar-refractivity contribution in [1.82, 2.24) is 0 Å². The number of allylic oxidation sites excluding steroid dienone is 1. The van der Waals surface area contributed by atoms with Crippen LogP contribution in [0.4, 0.5) is 0 Å². The second-order valence-corrected chi connectivity index (χ2v) is 4.65. The Morgan fingerprint density at radius 1 is 1.05 bits per heavy atom. The van der Waals surface area contributed by atoms with Crippen molar-refractivity contribution in [2.75, 3.05) is 0 Å². The average Bonchev–Trinajstić information content (AvgIpc) is 2.50. The molecule has 0 saturated carbocycles. The van der Waals surface area contributed by atoms with Crippen LogP contribution >= 0.6 is 0 Å². The van der Waals surface area contributed by atoms with Gasteiger partial charge in [-0.15, -0.1) is 0 Å². The van der Waals surface area contributed by atoms with Gasteiger partial charge < -0.3 is 14.9 Å². The number of rotatable bonds is 2. The molecular formula is C17H14O3. The maximum atomic E-state index is 9.90. The number of para-hydroxylation sites is 1. The highest BCUT2D eigenvalue weighted by Crippen LogP contribution is 2.37. The van der Waals surface area contributed by atoms with Crippen molar-refractivity contribution in [3.8, 4) is 11.5 Å². The summed E-state index contributed by atoms with van der Waals surface area (Å²) in [7, 11) is 0. The van der Waals surface area contributed by atoms with Gasteiger partial charge in [-0.05, 0) is 35.9 Å². The summed E-state index contributed by atoms with van der Waals surface area (Å²) >= 11 is 0. The van der Waals surface area contributed by atoms with Crippen molar-refractivity contribution >= 4 is 5.76 Å². The van der Waals surface area contributed by atoms with Crippen molar-refractivity contribution in [2.45, 2.75) is 6.42 Å². The lowest BCUT2D eigenvalue weighted by atomic mass is 9.98. The Labute approximate surface area is 117 Å². The first-order valence-electron chi connectivity index (χ1n) is 6.32. The zero-order valence-electron chi connectivity index (χ0n) is 10.8. The molecule has 1 aliphatic heterocycles. The number of fused-ring (bicyclic) bond motifs is 2. The summed E-state index contributed by atoms with van der Waals surface area (Å²) in [6.45, 7) is 3.43. The van der Waals surface area contributed by atoms with Gasteiger partial charge in [0.15, 0.2) is 11.5 Å². The quantitative estimate of drug-likeness (QED) is 0.535. The van der Waals surface area contributed by atoms with Crippen LogP contribution < -0.4 is 4.74 Å². The predicted molar refractivity (Wildman–Crippen MR) is 78.1 cm³/mol. The van der Waals surface area contributed by atoms with Gasteiger partial charge in [-0.2, -0.15) is 0 Å². The normalized spacial score (nSPS) is 13.6. The highest BCUT2D eigenvalue weighted by Gasteiger charge is 2.17. The molecular weight excluding hydrogens is 252 g/mol. The van der Waals surface area contributed by atoms with E-state index in [1.54, 1.807) is 12.1 Å². The topological polar surface area (TPSA) is 49.7 Å². The van der Waals surface area contributed by atoms with Crippen molar-refractivity contribution in [3.63, 3.8) is 0 Å². The molecule has 1 heterocycles. The van der Waals surface area contributed by atoms with Gasteiger partial charge in [0.2, 0.25) is 0 Å². The Kier molecular flexibility index (Phi) is 2.95. The van der Waals surface area contributed by atoms with Gasteiger partial charge in [-0.1, -0.05) is 24.8 Å². The van der Waals surface area contributed by atoms with E-state index in [9.17, 15) is 10.2 Å². The van der Waals surface area contributed by atoms with Gasteiger partial charge in [-0.3, -0.25) is 0 Å². The number of benzene rings is 2. The standard InChI is InChI=1S/C17H14O3/c1-2-14(18)17(19)12-7-8-16-13(10-12)9-11-5-3-4-6-15(11)20-16/h2-8,10,18-19H,1,9H2/b17-14-. The number of hydrogen-bond acceptors (Lipinski definition) is 3. The minimum atomic E-state index is -0.234. The second-order valence-electron chi connectivity index (χ2n) is 4.65. The predicted octanol–water partition coefficient (Wildman–Crippen LogP) is 4.35. The summed E-state index contributed by atoms with van der Waals surface area (Å²) in [6, 6.07) is 13.2. The van der Waals surface area contributed by atoms with Crippen molar-refractivity contribution in [3.05, 3.63) is 77.6 Å². The van der Waals surface area contributed by atoms with E-state index in [0.717, 1.165) is 29.0 Å². The van der Waals surface area contributed by atoms with Crippen LogP contribution in [0.5, 0.6) is 11.5 Å². The van der Waals surface area contributed by atoms with Crippen LogP contribution in [0.15, 0.2) is 60.9 Å². The van der Waals surface area contributed by atoms with E-state index in [4.69, 9.17) is 4.74 Å². The van der Waals surface area contributed by atoms with Crippen molar-refractivity contribution < 1.29 is 14.9 Å². The van der Waals surface area contributed by atoms with Gasteiger partial charge in [0, 0.05) is 17.5 Å². The summed E-state index contributed by atoms with van der Waals surface area (Å²) < 4.78 is 5.82. The molecule has 0 fully saturated rings. The number of aliphatic hydroxyl groups is 2. The first-order valence-corrected chi connectivity index (χ1v) is 6.32. The van der Waals surface area contributed by atoms with E-state index in [0.29, 0.717) is 5.56 Å². The Balaban J connectivity index is 2.02. The lowest BCUT2D eigenvalue weighted by Gasteiger charge is -2.20. The summed E-state index contributed by atoms with van der Waals surface area (Å²) in [5.41, 5.74) is 2.63. The van der Waals surface area contributed by atoms with Crippen LogP contribution in [0.25, 0.3) is 5.76 Å². The van der Waals surface area contributed by atoms with E-state index in [1.165, 1.54) is 6.08 Å². The van der Waals surface area contributed by atoms with E-state index >= 15 is 0 Å². The van der Waals surface area contributed by atoms with E-state index in [-0.39, 0.29) is 11.5 Å². The fourth-order valence-electron chi connectivity index (χ4n) is 2.28. The summed E-state index contributed by atoms with van der Waals surface area (Å²) in [6.07, 6.45) is 1.95. The lowest BCUT2D eigenvalue weighted by Crippen LogP contribution is -2.03. The van der Waals surface area contributed by atoms with Gasteiger partial charge in [0.1, 0.15) is 11.5 Å². The molecule has 3 rings (SSSR count). The molecule has 0 radical (unpaired) electrons. The molecule has 0 atom stereocenters. The molecule has 1 aliphatic rings. The maximum Gasteiger partial charge on any atom is 0.164 e. The van der Waals surface area contributed by atoms with E-state index in [2.05, 4.69) is 6.58 Å². The lowest BCUT2D eigenvalue weighted by molar-refractivity contribution is 0.398. The number of hydrogen-bond donors (Lipinski definition) is 2. The number of aliphatic hydroxyl groups excluding tert-OH is 2. The highest BCUT2D eigenvalue weighted by atomic mass is 16.5. The summed E-state index contributed by atoms with van der Waals surface area (Å²) in [5.74, 6) is 1.23. The first-order chi connectivity index (χ1) is 9.69. The highest BCUT2D eigenvalue weighted by molar-refractivity contribution is 5.65. The van der Waals surface area contributed by atoms with Crippen molar-refractivity contribution in [1.29, 1.82) is 0 Å². The van der Waals surface area contributed by atoms with Gasteiger partial charge in [0.05, 0.1) is 0 Å². The fraction of sp³-hybridized carbons (Fsp3) is 0.0588. The monoisotopic (exact) mass is 266 g/mol.